The van der Waals surface area contributed by atoms with Crippen molar-refractivity contribution in [3.05, 3.63) is 22.2 Å². The molecule has 2 fully saturated rings. The number of halogens is 1. The molecular weight excluding hydrogens is 318 g/mol. The lowest BCUT2D eigenvalue weighted by atomic mass is 9.97. The molecule has 4 N–H and O–H groups in total. The van der Waals surface area contributed by atoms with Gasteiger partial charge in [-0.2, -0.15) is 0 Å². The summed E-state index contributed by atoms with van der Waals surface area (Å²) in [5.74, 6) is 1.06. The topological polar surface area (TPSA) is 61.5 Å². The minimum absolute atomic E-state index is 0.253. The Kier molecular flexibility index (Phi) is 4.19. The van der Waals surface area contributed by atoms with E-state index < -0.39 is 0 Å². The highest BCUT2D eigenvalue weighted by atomic mass is 79.9. The number of nitrogens with zero attached hydrogens (tertiary/aromatic N) is 1. The molecular formula is C15H22BrN3O. The number of phenolic OH excluding ortho intramolecular Hbond substituents is 1. The zero-order valence-corrected chi connectivity index (χ0v) is 13.2. The molecule has 1 atom stereocenters. The van der Waals surface area contributed by atoms with Gasteiger partial charge in [0.1, 0.15) is 5.75 Å². The van der Waals surface area contributed by atoms with E-state index in [4.69, 9.17) is 5.73 Å². The first-order chi connectivity index (χ1) is 9.66. The summed E-state index contributed by atoms with van der Waals surface area (Å²) >= 11 is 3.60. The van der Waals surface area contributed by atoms with Gasteiger partial charge in [-0.1, -0.05) is 28.8 Å². The van der Waals surface area contributed by atoms with Crippen LogP contribution in [-0.4, -0.2) is 36.2 Å². The van der Waals surface area contributed by atoms with Crippen LogP contribution in [0.3, 0.4) is 0 Å². The van der Waals surface area contributed by atoms with Crippen LogP contribution in [0.25, 0.3) is 0 Å². The summed E-state index contributed by atoms with van der Waals surface area (Å²) in [7, 11) is 0. The first kappa shape index (κ1) is 14.2. The molecule has 3 rings (SSSR count). The van der Waals surface area contributed by atoms with Crippen molar-refractivity contribution in [3.63, 3.8) is 0 Å². The third kappa shape index (κ3) is 2.95. The van der Waals surface area contributed by atoms with E-state index in [1.54, 1.807) is 6.07 Å². The molecule has 1 saturated carbocycles. The average molecular weight is 340 g/mol. The van der Waals surface area contributed by atoms with Crippen LogP contribution in [0.5, 0.6) is 5.75 Å². The predicted molar refractivity (Wildman–Crippen MR) is 84.7 cm³/mol. The van der Waals surface area contributed by atoms with Crippen molar-refractivity contribution in [1.82, 2.24) is 10.2 Å². The van der Waals surface area contributed by atoms with Crippen molar-refractivity contribution in [2.75, 3.05) is 31.9 Å². The van der Waals surface area contributed by atoms with Crippen molar-refractivity contribution < 1.29 is 5.11 Å². The highest BCUT2D eigenvalue weighted by molar-refractivity contribution is 9.10. The molecule has 1 aromatic rings. The Balaban J connectivity index is 1.93. The zero-order chi connectivity index (χ0) is 14.1. The second-order valence-electron chi connectivity index (χ2n) is 5.88. The lowest BCUT2D eigenvalue weighted by molar-refractivity contribution is 0.157. The van der Waals surface area contributed by atoms with Crippen molar-refractivity contribution >= 4 is 21.6 Å². The highest BCUT2D eigenvalue weighted by Gasteiger charge is 2.33. The molecule has 2 aliphatic rings. The van der Waals surface area contributed by atoms with Crippen molar-refractivity contribution in [3.8, 4) is 5.75 Å². The van der Waals surface area contributed by atoms with Gasteiger partial charge in [-0.25, -0.2) is 0 Å². The van der Waals surface area contributed by atoms with Crippen LogP contribution in [-0.2, 0) is 0 Å². The lowest BCUT2D eigenvalue weighted by Gasteiger charge is -2.36. The smallest absolute Gasteiger partial charge is 0.144 e. The third-order valence-electron chi connectivity index (χ3n) is 4.37. The minimum Gasteiger partial charge on any atom is -0.505 e. The predicted octanol–water partition coefficient (Wildman–Crippen LogP) is 2.48. The molecule has 110 valence electrons. The van der Waals surface area contributed by atoms with Crippen LogP contribution in [0.2, 0.25) is 0 Å². The number of nitrogens with two attached hydrogens (primary N) is 1. The van der Waals surface area contributed by atoms with Gasteiger partial charge in [0.05, 0.1) is 5.69 Å². The Labute approximate surface area is 128 Å². The van der Waals surface area contributed by atoms with Crippen LogP contribution >= 0.6 is 15.9 Å². The van der Waals surface area contributed by atoms with Crippen molar-refractivity contribution in [1.29, 1.82) is 0 Å². The van der Waals surface area contributed by atoms with Gasteiger partial charge in [0.2, 0.25) is 0 Å². The number of hydrogen-bond donors (Lipinski definition) is 3. The Morgan fingerprint density at radius 2 is 2.05 bits per heavy atom. The molecule has 5 heteroatoms. The molecule has 1 saturated heterocycles. The Hall–Kier alpha value is -0.780. The lowest BCUT2D eigenvalue weighted by Crippen LogP contribution is -2.45. The van der Waals surface area contributed by atoms with E-state index >= 15 is 0 Å². The summed E-state index contributed by atoms with van der Waals surface area (Å²) in [5, 5.41) is 13.8. The maximum absolute atomic E-state index is 10.4. The van der Waals surface area contributed by atoms with Gasteiger partial charge in [0.15, 0.2) is 0 Å². The number of aromatic hydroxyl groups is 1. The van der Waals surface area contributed by atoms with E-state index in [9.17, 15) is 5.11 Å². The van der Waals surface area contributed by atoms with Gasteiger partial charge >= 0.3 is 0 Å². The molecule has 0 bridgehead atoms. The van der Waals surface area contributed by atoms with Crippen LogP contribution < -0.4 is 11.1 Å². The van der Waals surface area contributed by atoms with Gasteiger partial charge in [-0.05, 0) is 24.5 Å². The van der Waals surface area contributed by atoms with Crippen LogP contribution in [0.4, 0.5) is 5.69 Å². The van der Waals surface area contributed by atoms with Crippen molar-refractivity contribution in [2.24, 2.45) is 5.92 Å². The summed E-state index contributed by atoms with van der Waals surface area (Å²) in [4.78, 5) is 2.48. The van der Waals surface area contributed by atoms with E-state index in [1.165, 1.54) is 12.8 Å². The maximum atomic E-state index is 10.4. The minimum atomic E-state index is 0.253. The molecule has 0 spiro atoms. The Bertz CT molecular complexity index is 484. The number of nitrogen functional groups attached to an aromatic ring is 1. The van der Waals surface area contributed by atoms with E-state index in [-0.39, 0.29) is 11.8 Å². The van der Waals surface area contributed by atoms with Gasteiger partial charge in [0, 0.05) is 42.3 Å². The summed E-state index contributed by atoms with van der Waals surface area (Å²) in [5.41, 5.74) is 7.34. The molecule has 1 heterocycles. The third-order valence-corrected chi connectivity index (χ3v) is 5.07. The van der Waals surface area contributed by atoms with Crippen LogP contribution in [0.1, 0.15) is 30.9 Å². The number of anilines is 1. The molecule has 1 aliphatic heterocycles. The first-order valence-corrected chi connectivity index (χ1v) is 8.17. The molecule has 20 heavy (non-hydrogen) atoms. The normalized spacial score (nSPS) is 21.9. The molecule has 0 amide bonds. The molecule has 0 aromatic heterocycles. The standard InChI is InChI=1S/C15H22BrN3O/c16-11-3-4-12(17)15(20)14(11)13(9-10-1-2-10)19-7-5-18-6-8-19/h3-4,10,13,18,20H,1-2,5-9,17H2/t13-/m1/s1. The number of hydrogen-bond acceptors (Lipinski definition) is 4. The number of benzene rings is 1. The summed E-state index contributed by atoms with van der Waals surface area (Å²) < 4.78 is 0.966. The molecule has 4 nitrogen and oxygen atoms in total. The monoisotopic (exact) mass is 339 g/mol. The van der Waals surface area contributed by atoms with E-state index in [1.807, 2.05) is 6.07 Å². The second kappa shape index (κ2) is 5.92. The average Bonchev–Trinajstić information content (AvgIpc) is 3.27. The van der Waals surface area contributed by atoms with E-state index in [0.29, 0.717) is 5.69 Å². The SMILES string of the molecule is Nc1ccc(Br)c([C@@H](CC2CC2)N2CCNCC2)c1O. The van der Waals surface area contributed by atoms with Crippen molar-refractivity contribution in [2.45, 2.75) is 25.3 Å². The molecule has 1 aromatic carbocycles. The molecule has 0 radical (unpaired) electrons. The number of rotatable bonds is 4. The zero-order valence-electron chi connectivity index (χ0n) is 11.6. The number of phenols is 1. The fraction of sp³-hybridized carbons (Fsp3) is 0.600. The quantitative estimate of drug-likeness (QED) is 0.582. The number of piperazine rings is 1. The Morgan fingerprint density at radius 1 is 1.35 bits per heavy atom. The fourth-order valence-corrected chi connectivity index (χ4v) is 3.61. The molecule has 0 unspecified atom stereocenters. The maximum Gasteiger partial charge on any atom is 0.144 e. The van der Waals surface area contributed by atoms with Crippen LogP contribution in [0.15, 0.2) is 16.6 Å². The first-order valence-electron chi connectivity index (χ1n) is 7.38. The van der Waals surface area contributed by atoms with Gasteiger partial charge in [-0.15, -0.1) is 0 Å². The molecule has 1 aliphatic carbocycles. The largest absolute Gasteiger partial charge is 0.505 e. The van der Waals surface area contributed by atoms with E-state index in [2.05, 4.69) is 26.1 Å². The second-order valence-corrected chi connectivity index (χ2v) is 6.73. The van der Waals surface area contributed by atoms with E-state index in [0.717, 1.165) is 48.6 Å². The van der Waals surface area contributed by atoms with Gasteiger partial charge < -0.3 is 16.2 Å². The summed E-state index contributed by atoms with van der Waals surface area (Å²) in [6.07, 6.45) is 3.77. The summed E-state index contributed by atoms with van der Waals surface area (Å²) in [6.45, 7) is 4.08. The van der Waals surface area contributed by atoms with Gasteiger partial charge in [0.25, 0.3) is 0 Å². The van der Waals surface area contributed by atoms with Crippen LogP contribution in [0, 0.1) is 5.92 Å². The fourth-order valence-electron chi connectivity index (χ4n) is 3.03. The highest BCUT2D eigenvalue weighted by Crippen LogP contribution is 2.45. The summed E-state index contributed by atoms with van der Waals surface area (Å²) in [6, 6.07) is 3.98. The van der Waals surface area contributed by atoms with Gasteiger partial charge in [-0.3, -0.25) is 4.90 Å². The number of nitrogens with one attached hydrogen (secondary N) is 1. The Morgan fingerprint density at radius 3 is 2.70 bits per heavy atom.